The molecule has 0 saturated heterocycles. The molecule has 0 aromatic heterocycles. The number of aryl methyl sites for hydroxylation is 1. The summed E-state index contributed by atoms with van der Waals surface area (Å²) in [6, 6.07) is 15.8. The van der Waals surface area contributed by atoms with Crippen LogP contribution in [0, 0.1) is 6.92 Å². The molecule has 0 atom stereocenters. The average Bonchev–Trinajstić information content (AvgIpc) is 2.52. The van der Waals surface area contributed by atoms with Gasteiger partial charge < -0.3 is 15.5 Å². The minimum atomic E-state index is -0.0804. The van der Waals surface area contributed by atoms with Crippen LogP contribution in [0.5, 0.6) is 0 Å². The second kappa shape index (κ2) is 7.50. The first kappa shape index (κ1) is 15.9. The molecule has 0 aliphatic carbocycles. The lowest BCUT2D eigenvalue weighted by Crippen LogP contribution is -2.34. The summed E-state index contributed by atoms with van der Waals surface area (Å²) in [6.45, 7) is 7.38. The molecule has 0 unspecified atom stereocenters. The lowest BCUT2D eigenvalue weighted by molar-refractivity contribution is 0.217. The van der Waals surface area contributed by atoms with Crippen LogP contribution in [0.4, 0.5) is 21.9 Å². The fourth-order valence-electron chi connectivity index (χ4n) is 2.20. The highest BCUT2D eigenvalue weighted by atomic mass is 16.2. The first-order chi connectivity index (χ1) is 10.6. The first-order valence-corrected chi connectivity index (χ1v) is 7.62. The fraction of sp³-hybridized carbons (Fsp3) is 0.278. The maximum atomic E-state index is 12.2. The van der Waals surface area contributed by atoms with Crippen molar-refractivity contribution in [1.82, 2.24) is 4.90 Å². The molecule has 0 aliphatic rings. The highest BCUT2D eigenvalue weighted by molar-refractivity contribution is 5.93. The Morgan fingerprint density at radius 1 is 0.955 bits per heavy atom. The van der Waals surface area contributed by atoms with Crippen LogP contribution in [0.2, 0.25) is 0 Å². The molecular weight excluding hydrogens is 274 g/mol. The smallest absolute Gasteiger partial charge is 0.321 e. The van der Waals surface area contributed by atoms with Gasteiger partial charge >= 0.3 is 6.03 Å². The molecule has 0 saturated carbocycles. The molecule has 0 radical (unpaired) electrons. The lowest BCUT2D eigenvalue weighted by atomic mass is 10.2. The molecule has 2 aromatic carbocycles. The number of carbonyl (C=O) groups excluding carboxylic acids is 1. The van der Waals surface area contributed by atoms with Crippen LogP contribution < -0.4 is 10.6 Å². The highest BCUT2D eigenvalue weighted by Crippen LogP contribution is 2.25. The third-order valence-corrected chi connectivity index (χ3v) is 3.55. The van der Waals surface area contributed by atoms with E-state index in [1.807, 2.05) is 50.2 Å². The third-order valence-electron chi connectivity index (χ3n) is 3.55. The zero-order valence-electron chi connectivity index (χ0n) is 13.4. The van der Waals surface area contributed by atoms with Gasteiger partial charge in [-0.2, -0.15) is 0 Å². The van der Waals surface area contributed by atoms with Gasteiger partial charge in [-0.25, -0.2) is 4.79 Å². The van der Waals surface area contributed by atoms with Gasteiger partial charge in [0.25, 0.3) is 0 Å². The summed E-state index contributed by atoms with van der Waals surface area (Å²) >= 11 is 0. The Bertz CT molecular complexity index is 618. The lowest BCUT2D eigenvalue weighted by Gasteiger charge is -2.20. The number of rotatable bonds is 5. The second-order valence-corrected chi connectivity index (χ2v) is 5.14. The van der Waals surface area contributed by atoms with Crippen LogP contribution >= 0.6 is 0 Å². The number of amides is 2. The number of benzene rings is 2. The number of hydrogen-bond donors (Lipinski definition) is 2. The molecule has 0 spiro atoms. The van der Waals surface area contributed by atoms with Gasteiger partial charge in [-0.15, -0.1) is 0 Å². The summed E-state index contributed by atoms with van der Waals surface area (Å²) in [5.74, 6) is 0. The van der Waals surface area contributed by atoms with Gasteiger partial charge in [0.15, 0.2) is 0 Å². The Hall–Kier alpha value is -2.49. The number of urea groups is 1. The molecule has 2 rings (SSSR count). The van der Waals surface area contributed by atoms with Gasteiger partial charge in [0.2, 0.25) is 0 Å². The Kier molecular flexibility index (Phi) is 5.42. The topological polar surface area (TPSA) is 44.4 Å². The SMILES string of the molecule is CCN(CC)C(=O)Nc1ccccc1Nc1ccc(C)cc1. The Balaban J connectivity index is 2.16. The predicted molar refractivity (Wildman–Crippen MR) is 92.8 cm³/mol. The normalized spacial score (nSPS) is 10.1. The number of nitrogens with zero attached hydrogens (tertiary/aromatic N) is 1. The van der Waals surface area contributed by atoms with Crippen LogP contribution in [0.3, 0.4) is 0 Å². The van der Waals surface area contributed by atoms with E-state index >= 15 is 0 Å². The van der Waals surface area contributed by atoms with Crippen molar-refractivity contribution >= 4 is 23.1 Å². The maximum Gasteiger partial charge on any atom is 0.321 e. The van der Waals surface area contributed by atoms with Gasteiger partial charge in [0.05, 0.1) is 11.4 Å². The van der Waals surface area contributed by atoms with E-state index in [1.54, 1.807) is 4.90 Å². The molecule has 0 heterocycles. The van der Waals surface area contributed by atoms with E-state index in [4.69, 9.17) is 0 Å². The van der Waals surface area contributed by atoms with E-state index in [0.717, 1.165) is 17.1 Å². The number of carbonyl (C=O) groups is 1. The summed E-state index contributed by atoms with van der Waals surface area (Å²) in [4.78, 5) is 14.0. The van der Waals surface area contributed by atoms with E-state index in [0.29, 0.717) is 13.1 Å². The van der Waals surface area contributed by atoms with Gasteiger partial charge in [0.1, 0.15) is 0 Å². The van der Waals surface area contributed by atoms with Crippen LogP contribution in [-0.4, -0.2) is 24.0 Å². The second-order valence-electron chi connectivity index (χ2n) is 5.14. The van der Waals surface area contributed by atoms with E-state index in [1.165, 1.54) is 5.56 Å². The van der Waals surface area contributed by atoms with E-state index in [9.17, 15) is 4.79 Å². The Morgan fingerprint density at radius 2 is 1.55 bits per heavy atom. The standard InChI is InChI=1S/C18H23N3O/c1-4-21(5-2)18(22)20-17-9-7-6-8-16(17)19-15-12-10-14(3)11-13-15/h6-13,19H,4-5H2,1-3H3,(H,20,22). The van der Waals surface area contributed by atoms with Crippen molar-refractivity contribution in [2.24, 2.45) is 0 Å². The molecule has 0 aliphatic heterocycles. The monoisotopic (exact) mass is 297 g/mol. The van der Waals surface area contributed by atoms with Crippen molar-refractivity contribution in [1.29, 1.82) is 0 Å². The maximum absolute atomic E-state index is 12.2. The van der Waals surface area contributed by atoms with E-state index in [2.05, 4.69) is 29.7 Å². The summed E-state index contributed by atoms with van der Waals surface area (Å²) in [6.07, 6.45) is 0. The average molecular weight is 297 g/mol. The van der Waals surface area contributed by atoms with Crippen LogP contribution in [-0.2, 0) is 0 Å². The Morgan fingerprint density at radius 3 is 2.14 bits per heavy atom. The predicted octanol–water partition coefficient (Wildman–Crippen LogP) is 4.61. The van der Waals surface area contributed by atoms with Crippen molar-refractivity contribution < 1.29 is 4.79 Å². The highest BCUT2D eigenvalue weighted by Gasteiger charge is 2.11. The summed E-state index contributed by atoms with van der Waals surface area (Å²) < 4.78 is 0. The molecule has 2 aromatic rings. The zero-order valence-corrected chi connectivity index (χ0v) is 13.4. The number of anilines is 3. The zero-order chi connectivity index (χ0) is 15.9. The molecule has 2 N–H and O–H groups in total. The number of para-hydroxylation sites is 2. The summed E-state index contributed by atoms with van der Waals surface area (Å²) in [5.41, 5.74) is 3.87. The van der Waals surface area contributed by atoms with Gasteiger partial charge in [0, 0.05) is 18.8 Å². The van der Waals surface area contributed by atoms with Crippen LogP contribution in [0.25, 0.3) is 0 Å². The minimum absolute atomic E-state index is 0.0804. The fourth-order valence-corrected chi connectivity index (χ4v) is 2.20. The molecule has 22 heavy (non-hydrogen) atoms. The summed E-state index contributed by atoms with van der Waals surface area (Å²) in [7, 11) is 0. The quantitative estimate of drug-likeness (QED) is 0.846. The third kappa shape index (κ3) is 4.01. The van der Waals surface area contributed by atoms with Crippen molar-refractivity contribution in [2.45, 2.75) is 20.8 Å². The summed E-state index contributed by atoms with van der Waals surface area (Å²) in [5, 5.41) is 6.32. The van der Waals surface area contributed by atoms with Gasteiger partial charge in [-0.3, -0.25) is 0 Å². The van der Waals surface area contributed by atoms with Crippen molar-refractivity contribution in [3.63, 3.8) is 0 Å². The van der Waals surface area contributed by atoms with Crippen molar-refractivity contribution in [2.75, 3.05) is 23.7 Å². The molecule has 0 fully saturated rings. The van der Waals surface area contributed by atoms with Crippen LogP contribution in [0.1, 0.15) is 19.4 Å². The van der Waals surface area contributed by atoms with E-state index in [-0.39, 0.29) is 6.03 Å². The largest absolute Gasteiger partial charge is 0.354 e. The molecular formula is C18H23N3O. The van der Waals surface area contributed by atoms with Crippen LogP contribution in [0.15, 0.2) is 48.5 Å². The molecule has 4 heteroatoms. The first-order valence-electron chi connectivity index (χ1n) is 7.62. The minimum Gasteiger partial charge on any atom is -0.354 e. The van der Waals surface area contributed by atoms with Gasteiger partial charge in [-0.05, 0) is 45.0 Å². The molecule has 2 amide bonds. The Labute approximate surface area is 132 Å². The molecule has 4 nitrogen and oxygen atoms in total. The van der Waals surface area contributed by atoms with Crippen molar-refractivity contribution in [3.05, 3.63) is 54.1 Å². The van der Waals surface area contributed by atoms with Crippen molar-refractivity contribution in [3.8, 4) is 0 Å². The van der Waals surface area contributed by atoms with Gasteiger partial charge in [-0.1, -0.05) is 29.8 Å². The molecule has 0 bridgehead atoms. The van der Waals surface area contributed by atoms with E-state index < -0.39 is 0 Å². The molecule has 116 valence electrons. The number of nitrogens with one attached hydrogen (secondary N) is 2. The number of hydrogen-bond acceptors (Lipinski definition) is 2.